The summed E-state index contributed by atoms with van der Waals surface area (Å²) in [6, 6.07) is 6.69. The number of hydrogen-bond acceptors (Lipinski definition) is 3. The molecule has 1 atom stereocenters. The highest BCUT2D eigenvalue weighted by Crippen LogP contribution is 2.25. The van der Waals surface area contributed by atoms with Gasteiger partial charge in [-0.1, -0.05) is 32.3 Å². The maximum atomic E-state index is 12.3. The van der Waals surface area contributed by atoms with Crippen LogP contribution in [0.4, 0.5) is 5.69 Å². The van der Waals surface area contributed by atoms with Crippen molar-refractivity contribution in [2.75, 3.05) is 11.9 Å². The normalized spacial score (nSPS) is 16.6. The van der Waals surface area contributed by atoms with Gasteiger partial charge in [-0.3, -0.25) is 9.59 Å². The van der Waals surface area contributed by atoms with Crippen molar-refractivity contribution in [3.8, 4) is 0 Å². The predicted molar refractivity (Wildman–Crippen MR) is 90.3 cm³/mol. The van der Waals surface area contributed by atoms with Gasteiger partial charge in [-0.15, -0.1) is 0 Å². The third-order valence-electron chi connectivity index (χ3n) is 4.42. The van der Waals surface area contributed by atoms with Crippen LogP contribution >= 0.6 is 0 Å². The molecule has 2 rings (SSSR count). The van der Waals surface area contributed by atoms with Gasteiger partial charge in [-0.05, 0) is 37.5 Å². The number of carbonyl (C=O) groups excluding carboxylic acids is 2. The maximum absolute atomic E-state index is 12.3. The van der Waals surface area contributed by atoms with Crippen LogP contribution in [0.5, 0.6) is 0 Å². The molecule has 5 heteroatoms. The molecule has 0 aromatic heterocycles. The summed E-state index contributed by atoms with van der Waals surface area (Å²) in [6.07, 6.45) is 5.99. The Kier molecular flexibility index (Phi) is 6.59. The molecular weight excluding hydrogens is 292 g/mol. The summed E-state index contributed by atoms with van der Waals surface area (Å²) in [5.41, 5.74) is 1.13. The van der Waals surface area contributed by atoms with E-state index in [4.69, 9.17) is 5.11 Å². The van der Waals surface area contributed by atoms with Crippen LogP contribution in [0.1, 0.15) is 55.8 Å². The first-order valence-electron chi connectivity index (χ1n) is 8.46. The van der Waals surface area contributed by atoms with Gasteiger partial charge < -0.3 is 15.7 Å². The molecule has 23 heavy (non-hydrogen) atoms. The van der Waals surface area contributed by atoms with E-state index in [0.29, 0.717) is 17.7 Å². The van der Waals surface area contributed by atoms with Gasteiger partial charge in [0.1, 0.15) is 0 Å². The standard InChI is InChI=1S/C18H26N2O3/c1-2-15(12-21)19-18(23)14-9-6-10-16(11-14)20-17(22)13-7-4-3-5-8-13/h6,9-11,13,15,21H,2-5,7-8,12H2,1H3,(H,19,23)(H,20,22). The molecule has 2 amide bonds. The number of carbonyl (C=O) groups is 2. The number of hydrogen-bond donors (Lipinski definition) is 3. The molecule has 1 aliphatic carbocycles. The highest BCUT2D eigenvalue weighted by Gasteiger charge is 2.21. The largest absolute Gasteiger partial charge is 0.394 e. The molecule has 1 aromatic rings. The van der Waals surface area contributed by atoms with Gasteiger partial charge >= 0.3 is 0 Å². The summed E-state index contributed by atoms with van der Waals surface area (Å²) in [7, 11) is 0. The number of rotatable bonds is 6. The zero-order valence-corrected chi connectivity index (χ0v) is 13.7. The van der Waals surface area contributed by atoms with E-state index in [-0.39, 0.29) is 30.4 Å². The van der Waals surface area contributed by atoms with E-state index in [1.807, 2.05) is 6.92 Å². The van der Waals surface area contributed by atoms with E-state index in [2.05, 4.69) is 10.6 Å². The van der Waals surface area contributed by atoms with E-state index < -0.39 is 0 Å². The van der Waals surface area contributed by atoms with Crippen molar-refractivity contribution in [2.24, 2.45) is 5.92 Å². The number of benzene rings is 1. The Hall–Kier alpha value is -1.88. The van der Waals surface area contributed by atoms with Crippen molar-refractivity contribution in [3.63, 3.8) is 0 Å². The van der Waals surface area contributed by atoms with Crippen LogP contribution in [-0.4, -0.2) is 29.6 Å². The van der Waals surface area contributed by atoms with Crippen molar-refractivity contribution < 1.29 is 14.7 Å². The lowest BCUT2D eigenvalue weighted by molar-refractivity contribution is -0.120. The lowest BCUT2D eigenvalue weighted by Crippen LogP contribution is -2.36. The molecule has 1 aromatic carbocycles. The molecule has 0 spiro atoms. The van der Waals surface area contributed by atoms with Gasteiger partial charge in [0.15, 0.2) is 0 Å². The summed E-state index contributed by atoms with van der Waals surface area (Å²) < 4.78 is 0. The first kappa shape index (κ1) is 17.5. The van der Waals surface area contributed by atoms with E-state index in [9.17, 15) is 9.59 Å². The number of aliphatic hydroxyl groups is 1. The zero-order chi connectivity index (χ0) is 16.7. The van der Waals surface area contributed by atoms with E-state index in [1.54, 1.807) is 24.3 Å². The monoisotopic (exact) mass is 318 g/mol. The van der Waals surface area contributed by atoms with E-state index in [0.717, 1.165) is 25.7 Å². The summed E-state index contributed by atoms with van der Waals surface area (Å²) in [5, 5.41) is 14.9. The molecule has 0 radical (unpaired) electrons. The third-order valence-corrected chi connectivity index (χ3v) is 4.42. The van der Waals surface area contributed by atoms with E-state index in [1.165, 1.54) is 6.42 Å². The Morgan fingerprint density at radius 3 is 2.65 bits per heavy atom. The smallest absolute Gasteiger partial charge is 0.251 e. The number of amides is 2. The lowest BCUT2D eigenvalue weighted by atomic mass is 9.88. The Labute approximate surface area is 137 Å². The van der Waals surface area contributed by atoms with Gasteiger partial charge in [0.05, 0.1) is 12.6 Å². The third kappa shape index (κ3) is 5.06. The Balaban J connectivity index is 1.98. The summed E-state index contributed by atoms with van der Waals surface area (Å²) in [6.45, 7) is 1.82. The van der Waals surface area contributed by atoms with Crippen molar-refractivity contribution in [1.29, 1.82) is 0 Å². The number of aliphatic hydroxyl groups excluding tert-OH is 1. The van der Waals surface area contributed by atoms with Gasteiger partial charge in [0, 0.05) is 17.2 Å². The molecule has 1 saturated carbocycles. The Bertz CT molecular complexity index is 535. The van der Waals surface area contributed by atoms with Crippen molar-refractivity contribution >= 4 is 17.5 Å². The fourth-order valence-corrected chi connectivity index (χ4v) is 2.89. The minimum atomic E-state index is -0.247. The minimum absolute atomic E-state index is 0.0454. The molecule has 0 heterocycles. The van der Waals surface area contributed by atoms with Gasteiger partial charge in [0.25, 0.3) is 5.91 Å². The molecule has 0 saturated heterocycles. The van der Waals surface area contributed by atoms with Crippen LogP contribution in [0.3, 0.4) is 0 Å². The molecule has 126 valence electrons. The number of anilines is 1. The highest BCUT2D eigenvalue weighted by atomic mass is 16.3. The molecular formula is C18H26N2O3. The Morgan fingerprint density at radius 2 is 2.00 bits per heavy atom. The molecule has 0 aliphatic heterocycles. The van der Waals surface area contributed by atoms with Gasteiger partial charge in [-0.2, -0.15) is 0 Å². The zero-order valence-electron chi connectivity index (χ0n) is 13.7. The van der Waals surface area contributed by atoms with Crippen LogP contribution in [0, 0.1) is 5.92 Å². The average Bonchev–Trinajstić information content (AvgIpc) is 2.60. The number of nitrogens with one attached hydrogen (secondary N) is 2. The first-order chi connectivity index (χ1) is 11.1. The van der Waals surface area contributed by atoms with Gasteiger partial charge in [-0.25, -0.2) is 0 Å². The van der Waals surface area contributed by atoms with Crippen molar-refractivity contribution in [3.05, 3.63) is 29.8 Å². The molecule has 1 unspecified atom stereocenters. The SMILES string of the molecule is CCC(CO)NC(=O)c1cccc(NC(=O)C2CCCCC2)c1. The molecule has 0 bridgehead atoms. The van der Waals surface area contributed by atoms with Gasteiger partial charge in [0.2, 0.25) is 5.91 Å². The molecule has 5 nitrogen and oxygen atoms in total. The average molecular weight is 318 g/mol. The minimum Gasteiger partial charge on any atom is -0.394 e. The topological polar surface area (TPSA) is 78.4 Å². The molecule has 1 aliphatic rings. The van der Waals surface area contributed by atoms with Crippen LogP contribution in [-0.2, 0) is 4.79 Å². The fraction of sp³-hybridized carbons (Fsp3) is 0.556. The highest BCUT2D eigenvalue weighted by molar-refractivity contribution is 5.97. The van der Waals surface area contributed by atoms with Crippen LogP contribution in [0.2, 0.25) is 0 Å². The fourth-order valence-electron chi connectivity index (χ4n) is 2.89. The van der Waals surface area contributed by atoms with Crippen molar-refractivity contribution in [2.45, 2.75) is 51.5 Å². The van der Waals surface area contributed by atoms with Crippen molar-refractivity contribution in [1.82, 2.24) is 5.32 Å². The maximum Gasteiger partial charge on any atom is 0.251 e. The Morgan fingerprint density at radius 1 is 1.26 bits per heavy atom. The summed E-state index contributed by atoms with van der Waals surface area (Å²) in [5.74, 6) is -0.108. The first-order valence-corrected chi connectivity index (χ1v) is 8.46. The summed E-state index contributed by atoms with van der Waals surface area (Å²) in [4.78, 5) is 24.5. The molecule has 1 fully saturated rings. The van der Waals surface area contributed by atoms with Crippen LogP contribution < -0.4 is 10.6 Å². The van der Waals surface area contributed by atoms with E-state index >= 15 is 0 Å². The predicted octanol–water partition coefficient (Wildman–Crippen LogP) is 2.71. The second kappa shape index (κ2) is 8.67. The summed E-state index contributed by atoms with van der Waals surface area (Å²) >= 11 is 0. The second-order valence-electron chi connectivity index (χ2n) is 6.17. The quantitative estimate of drug-likeness (QED) is 0.754. The lowest BCUT2D eigenvalue weighted by Gasteiger charge is -2.21. The second-order valence-corrected chi connectivity index (χ2v) is 6.17. The van der Waals surface area contributed by atoms with Crippen LogP contribution in [0.25, 0.3) is 0 Å². The van der Waals surface area contributed by atoms with Crippen LogP contribution in [0.15, 0.2) is 24.3 Å². The molecule has 3 N–H and O–H groups in total.